The van der Waals surface area contributed by atoms with E-state index in [1.165, 1.54) is 18.1 Å². The average Bonchev–Trinajstić information content (AvgIpc) is 3.27. The summed E-state index contributed by atoms with van der Waals surface area (Å²) in [6.07, 6.45) is 0.704. The van der Waals surface area contributed by atoms with Gasteiger partial charge in [-0.1, -0.05) is 30.3 Å². The number of anilines is 2. The number of ether oxygens (including phenoxy) is 2. The minimum absolute atomic E-state index is 0.207. The molecule has 10 heteroatoms. The Morgan fingerprint density at radius 2 is 1.79 bits per heavy atom. The van der Waals surface area contributed by atoms with Crippen LogP contribution in [0, 0.1) is 0 Å². The maximum Gasteiger partial charge on any atom is 0.342 e. The Bertz CT molecular complexity index is 1350. The molecule has 0 unspecified atom stereocenters. The van der Waals surface area contributed by atoms with E-state index in [4.69, 9.17) is 9.47 Å². The third kappa shape index (κ3) is 4.67. The van der Waals surface area contributed by atoms with E-state index >= 15 is 0 Å². The number of phenols is 1. The highest BCUT2D eigenvalue weighted by Crippen LogP contribution is 2.29. The van der Waals surface area contributed by atoms with E-state index < -0.39 is 34.3 Å². The maximum atomic E-state index is 12.9. The van der Waals surface area contributed by atoms with Crippen molar-refractivity contribution in [2.75, 3.05) is 29.9 Å². The summed E-state index contributed by atoms with van der Waals surface area (Å²) in [6.45, 7) is -0.0770. The fourth-order valence-electron chi connectivity index (χ4n) is 3.66. The molecule has 0 spiro atoms. The van der Waals surface area contributed by atoms with Gasteiger partial charge in [-0.05, 0) is 48.4 Å². The van der Waals surface area contributed by atoms with Gasteiger partial charge in [0.05, 0.1) is 17.7 Å². The molecule has 0 atom stereocenters. The van der Waals surface area contributed by atoms with Crippen LogP contribution >= 0.6 is 0 Å². The lowest BCUT2D eigenvalue weighted by Crippen LogP contribution is -2.33. The molecular weight excluding hydrogens is 460 g/mol. The fraction of sp³-hybridized carbons (Fsp3) is 0.167. The highest BCUT2D eigenvalue weighted by molar-refractivity contribution is 7.92. The van der Waals surface area contributed by atoms with Crippen LogP contribution in [0.1, 0.15) is 15.9 Å². The molecule has 0 saturated heterocycles. The lowest BCUT2D eigenvalue weighted by molar-refractivity contribution is -0.121. The van der Waals surface area contributed by atoms with Crippen molar-refractivity contribution in [1.82, 2.24) is 0 Å². The number of carbonyl (C=O) groups is 2. The van der Waals surface area contributed by atoms with Crippen LogP contribution in [0.2, 0.25) is 0 Å². The Morgan fingerprint density at radius 3 is 2.59 bits per heavy atom. The van der Waals surface area contributed by atoms with E-state index in [9.17, 15) is 23.1 Å². The third-order valence-corrected chi connectivity index (χ3v) is 6.73. The van der Waals surface area contributed by atoms with Crippen LogP contribution < -0.4 is 14.4 Å². The zero-order valence-electron chi connectivity index (χ0n) is 18.2. The number of phenolic OH excluding ortho intramolecular Hbond substituents is 1. The molecule has 34 heavy (non-hydrogen) atoms. The second-order valence-electron chi connectivity index (χ2n) is 7.48. The molecule has 0 radical (unpaired) electrons. The zero-order valence-corrected chi connectivity index (χ0v) is 19.0. The number of rotatable bonds is 7. The van der Waals surface area contributed by atoms with Gasteiger partial charge >= 0.3 is 5.97 Å². The monoisotopic (exact) mass is 482 g/mol. The van der Waals surface area contributed by atoms with E-state index in [-0.39, 0.29) is 16.1 Å². The Kier molecular flexibility index (Phi) is 6.42. The first-order valence-corrected chi connectivity index (χ1v) is 11.8. The third-order valence-electron chi connectivity index (χ3n) is 5.36. The number of amides is 1. The van der Waals surface area contributed by atoms with Crippen molar-refractivity contribution in [3.05, 3.63) is 77.9 Å². The van der Waals surface area contributed by atoms with E-state index in [0.717, 1.165) is 29.4 Å². The molecule has 3 aromatic rings. The van der Waals surface area contributed by atoms with Gasteiger partial charge in [0, 0.05) is 12.2 Å². The summed E-state index contributed by atoms with van der Waals surface area (Å²) < 4.78 is 38.3. The first kappa shape index (κ1) is 23.1. The van der Waals surface area contributed by atoms with Gasteiger partial charge in [-0.25, -0.2) is 13.2 Å². The largest absolute Gasteiger partial charge is 0.507 e. The van der Waals surface area contributed by atoms with Crippen LogP contribution in [0.3, 0.4) is 0 Å². The number of para-hydroxylation sites is 3. The van der Waals surface area contributed by atoms with E-state index in [1.807, 2.05) is 24.3 Å². The van der Waals surface area contributed by atoms with E-state index in [0.29, 0.717) is 18.7 Å². The van der Waals surface area contributed by atoms with Crippen molar-refractivity contribution >= 4 is 33.3 Å². The van der Waals surface area contributed by atoms with Gasteiger partial charge in [0.1, 0.15) is 17.1 Å². The molecule has 1 heterocycles. The normalized spacial score (nSPS) is 12.7. The number of benzene rings is 3. The highest BCUT2D eigenvalue weighted by atomic mass is 32.2. The van der Waals surface area contributed by atoms with Crippen molar-refractivity contribution < 1.29 is 32.6 Å². The first-order valence-electron chi connectivity index (χ1n) is 10.3. The molecule has 1 aliphatic heterocycles. The maximum absolute atomic E-state index is 12.9. The van der Waals surface area contributed by atoms with Crippen molar-refractivity contribution in [1.29, 1.82) is 0 Å². The highest BCUT2D eigenvalue weighted by Gasteiger charge is 2.26. The van der Waals surface area contributed by atoms with Crippen LogP contribution in [0.15, 0.2) is 71.6 Å². The molecule has 0 fully saturated rings. The Labute approximate surface area is 196 Å². The summed E-state index contributed by atoms with van der Waals surface area (Å²) in [7, 11) is -2.71. The van der Waals surface area contributed by atoms with Crippen LogP contribution in [0.4, 0.5) is 11.4 Å². The number of fused-ring (bicyclic) bond motifs is 1. The predicted molar refractivity (Wildman–Crippen MR) is 125 cm³/mol. The second kappa shape index (κ2) is 9.44. The smallest absolute Gasteiger partial charge is 0.342 e. The number of sulfonamides is 1. The Hall–Kier alpha value is -4.05. The topological polar surface area (TPSA) is 122 Å². The minimum Gasteiger partial charge on any atom is -0.507 e. The van der Waals surface area contributed by atoms with Crippen LogP contribution in [0.5, 0.6) is 11.5 Å². The Balaban J connectivity index is 1.48. The number of hydrogen-bond acceptors (Lipinski definition) is 7. The summed E-state index contributed by atoms with van der Waals surface area (Å²) in [4.78, 5) is 26.4. The van der Waals surface area contributed by atoms with Gasteiger partial charge in [0.25, 0.3) is 15.9 Å². The molecule has 3 aromatic carbocycles. The fourth-order valence-corrected chi connectivity index (χ4v) is 4.75. The summed E-state index contributed by atoms with van der Waals surface area (Å²) >= 11 is 0. The van der Waals surface area contributed by atoms with Gasteiger partial charge in [-0.2, -0.15) is 0 Å². The van der Waals surface area contributed by atoms with Crippen LogP contribution in [-0.4, -0.2) is 45.7 Å². The number of hydrogen-bond donors (Lipinski definition) is 2. The minimum atomic E-state index is -4.12. The molecule has 176 valence electrons. The molecule has 9 nitrogen and oxygen atoms in total. The molecule has 2 N–H and O–H groups in total. The van der Waals surface area contributed by atoms with Crippen LogP contribution in [-0.2, 0) is 26.0 Å². The summed E-state index contributed by atoms with van der Waals surface area (Å²) in [5.74, 6) is -1.60. The molecular formula is C24H22N2O7S. The average molecular weight is 483 g/mol. The number of methoxy groups -OCH3 is 1. The number of nitrogens with one attached hydrogen (secondary N) is 1. The molecule has 0 aromatic heterocycles. The Morgan fingerprint density at radius 1 is 1.06 bits per heavy atom. The lowest BCUT2D eigenvalue weighted by atomic mass is 10.2. The van der Waals surface area contributed by atoms with Crippen molar-refractivity contribution in [2.24, 2.45) is 0 Å². The number of nitrogens with zero attached hydrogens (tertiary/aromatic N) is 1. The van der Waals surface area contributed by atoms with Crippen molar-refractivity contribution in [2.45, 2.75) is 11.3 Å². The van der Waals surface area contributed by atoms with Crippen molar-refractivity contribution in [3.63, 3.8) is 0 Å². The van der Waals surface area contributed by atoms with Gasteiger partial charge in [0.15, 0.2) is 6.61 Å². The van der Waals surface area contributed by atoms with E-state index in [1.54, 1.807) is 18.2 Å². The number of aromatic hydroxyl groups is 1. The summed E-state index contributed by atoms with van der Waals surface area (Å²) in [6, 6.07) is 17.1. The quantitative estimate of drug-likeness (QED) is 0.497. The second-order valence-corrected chi connectivity index (χ2v) is 9.17. The standard InChI is InChI=1S/C24H22N2O7S/c1-32-22-9-5-3-7-19(22)25-34(30,31)17-10-11-21(27)18(14-17)24(29)33-15-23(28)26-13-12-16-6-2-4-8-20(16)26/h2-11,14,25,27H,12-13,15H2,1H3. The van der Waals surface area contributed by atoms with Crippen LogP contribution in [0.25, 0.3) is 0 Å². The van der Waals surface area contributed by atoms with Gasteiger partial charge in [-0.15, -0.1) is 0 Å². The number of carbonyl (C=O) groups excluding carboxylic acids is 2. The van der Waals surface area contributed by atoms with Gasteiger partial charge in [-0.3, -0.25) is 9.52 Å². The van der Waals surface area contributed by atoms with Gasteiger partial charge < -0.3 is 19.5 Å². The SMILES string of the molecule is COc1ccccc1NS(=O)(=O)c1ccc(O)c(C(=O)OCC(=O)N2CCc3ccccc32)c1. The lowest BCUT2D eigenvalue weighted by Gasteiger charge is -2.17. The molecule has 0 aliphatic carbocycles. The molecule has 0 saturated carbocycles. The summed E-state index contributed by atoms with van der Waals surface area (Å²) in [5.41, 5.74) is 1.62. The molecule has 0 bridgehead atoms. The van der Waals surface area contributed by atoms with Crippen molar-refractivity contribution in [3.8, 4) is 11.5 Å². The summed E-state index contributed by atoms with van der Waals surface area (Å²) in [5, 5.41) is 10.1. The van der Waals surface area contributed by atoms with E-state index in [2.05, 4.69) is 4.72 Å². The molecule has 1 amide bonds. The molecule has 1 aliphatic rings. The zero-order chi connectivity index (χ0) is 24.3. The number of esters is 1. The van der Waals surface area contributed by atoms with Gasteiger partial charge in [0.2, 0.25) is 0 Å². The first-order chi connectivity index (χ1) is 16.3. The molecule has 4 rings (SSSR count). The predicted octanol–water partition coefficient (Wildman–Crippen LogP) is 2.95.